The van der Waals surface area contributed by atoms with E-state index in [-0.39, 0.29) is 5.30 Å². The van der Waals surface area contributed by atoms with E-state index in [4.69, 9.17) is 47.7 Å². The Labute approximate surface area is 175 Å². The zero-order chi connectivity index (χ0) is 21.1. The summed E-state index contributed by atoms with van der Waals surface area (Å²) in [6, 6.07) is 5.16. The number of aromatic nitrogens is 2. The molecule has 0 saturated carbocycles. The largest absolute Gasteiger partial charge is 0.473 e. The Morgan fingerprint density at radius 1 is 1.25 bits per heavy atom. The molecule has 0 radical (unpaired) electrons. The van der Waals surface area contributed by atoms with Crippen molar-refractivity contribution in [2.24, 2.45) is 0 Å². The summed E-state index contributed by atoms with van der Waals surface area (Å²) in [5.74, 6) is -2.92. The van der Waals surface area contributed by atoms with Crippen LogP contribution in [0, 0.1) is 0 Å². The molecule has 152 valence electrons. The van der Waals surface area contributed by atoms with Gasteiger partial charge >= 0.3 is 17.2 Å². The van der Waals surface area contributed by atoms with E-state index < -0.39 is 18.0 Å². The minimum atomic E-state index is -1.82. The zero-order valence-corrected chi connectivity index (χ0v) is 17.1. The molecule has 0 fully saturated rings. The summed E-state index contributed by atoms with van der Waals surface area (Å²) in [4.78, 5) is 34.1. The number of carbonyl (C=O) groups is 3. The van der Waals surface area contributed by atoms with Gasteiger partial charge < -0.3 is 19.5 Å². The highest BCUT2D eigenvalue weighted by atomic mass is 35.5. The van der Waals surface area contributed by atoms with Crippen molar-refractivity contribution in [3.8, 4) is 0 Å². The van der Waals surface area contributed by atoms with Crippen molar-refractivity contribution in [3.05, 3.63) is 52.5 Å². The van der Waals surface area contributed by atoms with Crippen molar-refractivity contribution in [3.63, 3.8) is 0 Å². The summed E-state index contributed by atoms with van der Waals surface area (Å²) in [5.41, 5.74) is 0.727. The first kappa shape index (κ1) is 23.8. The van der Waals surface area contributed by atoms with Crippen molar-refractivity contribution in [2.45, 2.75) is 26.0 Å². The lowest BCUT2D eigenvalue weighted by molar-refractivity contribution is -0.159. The molecule has 1 atom stereocenters. The van der Waals surface area contributed by atoms with E-state index in [1.165, 1.54) is 11.8 Å². The third-order valence-electron chi connectivity index (χ3n) is 3.09. The molecule has 28 heavy (non-hydrogen) atoms. The molecule has 2 rings (SSSR count). The average molecular weight is 449 g/mol. The number of imidazole rings is 1. The van der Waals surface area contributed by atoms with Crippen molar-refractivity contribution >= 4 is 52.2 Å². The highest BCUT2D eigenvalue weighted by molar-refractivity contribution is 8.13. The Balaban J connectivity index is 0.000000568. The van der Waals surface area contributed by atoms with E-state index in [9.17, 15) is 4.79 Å². The lowest BCUT2D eigenvalue weighted by atomic mass is 10.1. The molecular weight excluding hydrogens is 431 g/mol. The number of halogens is 2. The van der Waals surface area contributed by atoms with Crippen LogP contribution in [-0.2, 0) is 20.9 Å². The number of hydrogen-bond donors (Lipinski definition) is 2. The molecule has 1 heterocycles. The lowest BCUT2D eigenvalue weighted by Gasteiger charge is -2.19. The normalized spacial score (nSPS) is 11.1. The van der Waals surface area contributed by atoms with Gasteiger partial charge in [0.15, 0.2) is 0 Å². The van der Waals surface area contributed by atoms with Crippen LogP contribution in [0.3, 0.4) is 0 Å². The van der Waals surface area contributed by atoms with E-state index >= 15 is 0 Å². The van der Waals surface area contributed by atoms with Crippen molar-refractivity contribution in [1.82, 2.24) is 9.55 Å². The Morgan fingerprint density at radius 3 is 2.43 bits per heavy atom. The number of carboxylic acid groups (broad SMARTS) is 2. The SMILES string of the molecule is CCCSC(=O)OC(Cn1ccnc1)c1ccc(Cl)cc1Cl.O=C(O)C(=O)O. The fourth-order valence-corrected chi connectivity index (χ4v) is 2.97. The van der Waals surface area contributed by atoms with Crippen molar-refractivity contribution < 1.29 is 29.3 Å². The molecule has 0 aliphatic heterocycles. The maximum Gasteiger partial charge on any atom is 0.414 e. The van der Waals surface area contributed by atoms with Gasteiger partial charge in [0.1, 0.15) is 6.10 Å². The van der Waals surface area contributed by atoms with Gasteiger partial charge in [0.25, 0.3) is 0 Å². The molecule has 0 bridgehead atoms. The predicted molar refractivity (Wildman–Crippen MR) is 106 cm³/mol. The molecule has 0 aliphatic carbocycles. The van der Waals surface area contributed by atoms with Gasteiger partial charge in [-0.1, -0.05) is 36.2 Å². The van der Waals surface area contributed by atoms with E-state index in [0.717, 1.165) is 17.7 Å². The molecule has 0 amide bonds. The van der Waals surface area contributed by atoms with Gasteiger partial charge in [0.2, 0.25) is 0 Å². The molecule has 1 aromatic carbocycles. The Bertz CT molecular complexity index is 789. The summed E-state index contributed by atoms with van der Waals surface area (Å²) in [6.07, 6.45) is 5.58. The van der Waals surface area contributed by atoms with Crippen LogP contribution in [0.5, 0.6) is 0 Å². The topological polar surface area (TPSA) is 119 Å². The molecule has 0 saturated heterocycles. The summed E-state index contributed by atoms with van der Waals surface area (Å²) < 4.78 is 7.42. The second-order valence-corrected chi connectivity index (χ2v) is 7.11. The van der Waals surface area contributed by atoms with Crippen LogP contribution >= 0.6 is 35.0 Å². The van der Waals surface area contributed by atoms with Gasteiger partial charge in [-0.3, -0.25) is 0 Å². The summed E-state index contributed by atoms with van der Waals surface area (Å²) >= 11 is 13.3. The average Bonchev–Trinajstić information content (AvgIpc) is 3.13. The smallest absolute Gasteiger partial charge is 0.414 e. The number of thioether (sulfide) groups is 1. The summed E-state index contributed by atoms with van der Waals surface area (Å²) in [5, 5.41) is 15.5. The number of carbonyl (C=O) groups excluding carboxylic acids is 1. The van der Waals surface area contributed by atoms with Gasteiger partial charge in [-0.05, 0) is 30.3 Å². The van der Waals surface area contributed by atoms with Crippen LogP contribution in [0.2, 0.25) is 10.0 Å². The Hall–Kier alpha value is -2.23. The Morgan fingerprint density at radius 2 is 1.93 bits per heavy atom. The summed E-state index contributed by atoms with van der Waals surface area (Å²) in [6.45, 7) is 2.46. The predicted octanol–water partition coefficient (Wildman–Crippen LogP) is 4.37. The first-order valence-corrected chi connectivity index (χ1v) is 9.69. The number of nitrogens with zero attached hydrogens (tertiary/aromatic N) is 2. The van der Waals surface area contributed by atoms with Gasteiger partial charge in [-0.15, -0.1) is 0 Å². The highest BCUT2D eigenvalue weighted by Gasteiger charge is 2.20. The zero-order valence-electron chi connectivity index (χ0n) is 14.7. The second kappa shape index (κ2) is 12.3. The van der Waals surface area contributed by atoms with E-state index in [0.29, 0.717) is 16.6 Å². The molecule has 1 unspecified atom stereocenters. The van der Waals surface area contributed by atoms with Gasteiger partial charge in [0, 0.05) is 33.8 Å². The molecule has 1 aromatic heterocycles. The lowest BCUT2D eigenvalue weighted by Crippen LogP contribution is -2.14. The highest BCUT2D eigenvalue weighted by Crippen LogP contribution is 2.31. The number of hydrogen-bond acceptors (Lipinski definition) is 6. The van der Waals surface area contributed by atoms with Crippen molar-refractivity contribution in [1.29, 1.82) is 0 Å². The van der Waals surface area contributed by atoms with Crippen LogP contribution in [0.15, 0.2) is 36.9 Å². The van der Waals surface area contributed by atoms with Crippen LogP contribution in [0.4, 0.5) is 4.79 Å². The van der Waals surface area contributed by atoms with E-state index in [2.05, 4.69) is 4.98 Å². The minimum absolute atomic E-state index is 0.307. The summed E-state index contributed by atoms with van der Waals surface area (Å²) in [7, 11) is 0. The second-order valence-electron chi connectivity index (χ2n) is 5.24. The van der Waals surface area contributed by atoms with Crippen LogP contribution in [0.25, 0.3) is 0 Å². The number of ether oxygens (including phenoxy) is 1. The minimum Gasteiger partial charge on any atom is -0.473 e. The third kappa shape index (κ3) is 8.64. The molecule has 0 spiro atoms. The maximum absolute atomic E-state index is 11.9. The van der Waals surface area contributed by atoms with Gasteiger partial charge in [-0.2, -0.15) is 0 Å². The number of carboxylic acids is 2. The third-order valence-corrected chi connectivity index (χ3v) is 4.60. The fraction of sp³-hybridized carbons (Fsp3) is 0.294. The van der Waals surface area contributed by atoms with Gasteiger partial charge in [0.05, 0.1) is 12.9 Å². The molecule has 0 aliphatic rings. The molecule has 8 nitrogen and oxygen atoms in total. The number of aliphatic carboxylic acids is 2. The first-order chi connectivity index (χ1) is 13.2. The number of benzene rings is 1. The van der Waals surface area contributed by atoms with E-state index in [1.807, 2.05) is 17.7 Å². The van der Waals surface area contributed by atoms with Crippen LogP contribution in [-0.4, -0.2) is 42.8 Å². The van der Waals surface area contributed by atoms with E-state index in [1.54, 1.807) is 30.7 Å². The monoisotopic (exact) mass is 448 g/mol. The van der Waals surface area contributed by atoms with Gasteiger partial charge in [-0.25, -0.2) is 19.4 Å². The fourth-order valence-electron chi connectivity index (χ4n) is 1.88. The standard InChI is InChI=1S/C15H16Cl2N2O2S.C2H2O4/c1-2-7-22-15(20)21-14(9-19-6-5-18-10-19)12-4-3-11(16)8-13(12)17;3-1(4)2(5)6/h3-6,8,10,14H,2,7,9H2,1H3;(H,3,4)(H,5,6). The number of rotatable bonds is 6. The maximum atomic E-state index is 11.9. The quantitative estimate of drug-likeness (QED) is 0.493. The molecular formula is C17H18Cl2N2O6S. The van der Waals surface area contributed by atoms with Crippen LogP contribution in [0.1, 0.15) is 25.0 Å². The van der Waals surface area contributed by atoms with Crippen LogP contribution < -0.4 is 0 Å². The Kier molecular flexibility index (Phi) is 10.4. The molecule has 2 aromatic rings. The first-order valence-electron chi connectivity index (χ1n) is 7.94. The molecule has 2 N–H and O–H groups in total. The molecule has 11 heteroatoms. The van der Waals surface area contributed by atoms with Crippen molar-refractivity contribution in [2.75, 3.05) is 5.75 Å².